The molecule has 0 saturated carbocycles. The van der Waals surface area contributed by atoms with Crippen LogP contribution in [0.5, 0.6) is 0 Å². The van der Waals surface area contributed by atoms with Gasteiger partial charge in [-0.1, -0.05) is 6.07 Å². The van der Waals surface area contributed by atoms with Crippen molar-refractivity contribution in [3.8, 4) is 0 Å². The van der Waals surface area contributed by atoms with Gasteiger partial charge in [0, 0.05) is 12.1 Å². The number of rotatable bonds is 0. The highest BCUT2D eigenvalue weighted by atomic mass is 16.1. The van der Waals surface area contributed by atoms with Crippen LogP contribution in [0.1, 0.15) is 22.4 Å². The maximum atomic E-state index is 11.2. The Labute approximate surface area is 92.7 Å². The van der Waals surface area contributed by atoms with Crippen LogP contribution < -0.4 is 11.0 Å². The molecule has 2 heterocycles. The minimum absolute atomic E-state index is 0.153. The summed E-state index contributed by atoms with van der Waals surface area (Å²) in [6.45, 7) is 4.22. The van der Waals surface area contributed by atoms with E-state index in [2.05, 4.69) is 41.3 Å². The van der Waals surface area contributed by atoms with E-state index >= 15 is 0 Å². The van der Waals surface area contributed by atoms with Crippen molar-refractivity contribution >= 4 is 11.5 Å². The lowest BCUT2D eigenvalue weighted by atomic mass is 9.95. The normalized spacial score (nSPS) is 12.9. The molecule has 1 aliphatic heterocycles. The predicted octanol–water partition coefficient (Wildman–Crippen LogP) is 1.97. The third-order valence-electron chi connectivity index (χ3n) is 3.29. The standard InChI is InChI=1S/C12H13N3O/c1-6-3-4-9-8(7(6)2)5-10-11(13-9)15-12(16)14-10/h3-4,13H,5H2,1-2H3,(H2,14,15,16). The average Bonchev–Trinajstić information content (AvgIpc) is 2.61. The summed E-state index contributed by atoms with van der Waals surface area (Å²) < 4.78 is 0. The van der Waals surface area contributed by atoms with Gasteiger partial charge in [0.1, 0.15) is 5.82 Å². The number of hydrogen-bond acceptors (Lipinski definition) is 2. The molecule has 0 amide bonds. The van der Waals surface area contributed by atoms with E-state index in [4.69, 9.17) is 0 Å². The van der Waals surface area contributed by atoms with Crippen LogP contribution in [-0.2, 0) is 6.42 Å². The summed E-state index contributed by atoms with van der Waals surface area (Å²) >= 11 is 0. The number of aromatic nitrogens is 2. The van der Waals surface area contributed by atoms with E-state index in [9.17, 15) is 4.79 Å². The van der Waals surface area contributed by atoms with Crippen LogP contribution in [0.25, 0.3) is 0 Å². The molecule has 0 atom stereocenters. The molecule has 2 aromatic rings. The SMILES string of the molecule is Cc1ccc2c(c1C)Cc1[nH]c(=O)[nH]c1N2. The zero-order valence-corrected chi connectivity index (χ0v) is 9.27. The molecule has 4 nitrogen and oxygen atoms in total. The van der Waals surface area contributed by atoms with Gasteiger partial charge in [-0.3, -0.25) is 4.98 Å². The highest BCUT2D eigenvalue weighted by Crippen LogP contribution is 2.32. The van der Waals surface area contributed by atoms with Gasteiger partial charge in [0.25, 0.3) is 0 Å². The quantitative estimate of drug-likeness (QED) is 0.537. The number of nitrogens with one attached hydrogen (secondary N) is 3. The van der Waals surface area contributed by atoms with Crippen LogP contribution in [0.4, 0.5) is 11.5 Å². The molecule has 0 radical (unpaired) electrons. The van der Waals surface area contributed by atoms with E-state index in [1.807, 2.05) is 0 Å². The molecule has 4 heteroatoms. The van der Waals surface area contributed by atoms with Crippen molar-refractivity contribution in [3.63, 3.8) is 0 Å². The van der Waals surface area contributed by atoms with E-state index in [0.29, 0.717) is 0 Å². The molecule has 0 saturated heterocycles. The molecule has 0 bridgehead atoms. The molecule has 82 valence electrons. The molecular formula is C12H13N3O. The summed E-state index contributed by atoms with van der Waals surface area (Å²) in [5.74, 6) is 0.792. The van der Waals surface area contributed by atoms with Crippen LogP contribution in [0.2, 0.25) is 0 Å². The number of anilines is 2. The molecule has 1 aromatic heterocycles. The lowest BCUT2D eigenvalue weighted by Crippen LogP contribution is -2.08. The third kappa shape index (κ3) is 1.19. The first-order chi connectivity index (χ1) is 7.65. The molecule has 0 spiro atoms. The van der Waals surface area contributed by atoms with Crippen LogP contribution in [-0.4, -0.2) is 9.97 Å². The highest BCUT2D eigenvalue weighted by Gasteiger charge is 2.19. The first-order valence-corrected chi connectivity index (χ1v) is 5.32. The number of aromatic amines is 2. The largest absolute Gasteiger partial charge is 0.340 e. The summed E-state index contributed by atoms with van der Waals surface area (Å²) in [5, 5.41) is 3.24. The molecule has 0 aliphatic carbocycles. The predicted molar refractivity (Wildman–Crippen MR) is 63.4 cm³/mol. The third-order valence-corrected chi connectivity index (χ3v) is 3.29. The molecular weight excluding hydrogens is 202 g/mol. The number of benzene rings is 1. The van der Waals surface area contributed by atoms with E-state index in [1.54, 1.807) is 0 Å². The average molecular weight is 215 g/mol. The summed E-state index contributed by atoms with van der Waals surface area (Å²) in [6, 6.07) is 4.16. The minimum Gasteiger partial charge on any atom is -0.340 e. The minimum atomic E-state index is -0.153. The van der Waals surface area contributed by atoms with E-state index in [-0.39, 0.29) is 5.69 Å². The molecule has 0 unspecified atom stereocenters. The smallest absolute Gasteiger partial charge is 0.324 e. The van der Waals surface area contributed by atoms with E-state index in [1.165, 1.54) is 16.7 Å². The first kappa shape index (κ1) is 9.27. The van der Waals surface area contributed by atoms with Gasteiger partial charge < -0.3 is 10.3 Å². The van der Waals surface area contributed by atoms with Crippen LogP contribution in [0.3, 0.4) is 0 Å². The van der Waals surface area contributed by atoms with Crippen molar-refractivity contribution in [1.29, 1.82) is 0 Å². The Bertz CT molecular complexity index is 622. The second-order valence-corrected chi connectivity index (χ2v) is 4.27. The lowest BCUT2D eigenvalue weighted by Gasteiger charge is -2.20. The molecule has 16 heavy (non-hydrogen) atoms. The fourth-order valence-electron chi connectivity index (χ4n) is 2.19. The monoisotopic (exact) mass is 215 g/mol. The number of hydrogen-bond donors (Lipinski definition) is 3. The second-order valence-electron chi connectivity index (χ2n) is 4.27. The van der Waals surface area contributed by atoms with Gasteiger partial charge in [0.2, 0.25) is 0 Å². The van der Waals surface area contributed by atoms with Crippen molar-refractivity contribution in [2.24, 2.45) is 0 Å². The van der Waals surface area contributed by atoms with Crippen molar-refractivity contribution in [3.05, 3.63) is 45.0 Å². The Hall–Kier alpha value is -1.97. The second kappa shape index (κ2) is 3.01. The van der Waals surface area contributed by atoms with Crippen molar-refractivity contribution < 1.29 is 0 Å². The number of H-pyrrole nitrogens is 2. The maximum absolute atomic E-state index is 11.2. The van der Waals surface area contributed by atoms with Gasteiger partial charge in [-0.15, -0.1) is 0 Å². The molecule has 3 rings (SSSR count). The molecule has 1 aliphatic rings. The molecule has 0 fully saturated rings. The Kier molecular flexibility index (Phi) is 1.74. The lowest BCUT2D eigenvalue weighted by molar-refractivity contribution is 1.05. The Morgan fingerprint density at radius 3 is 2.81 bits per heavy atom. The fourth-order valence-corrected chi connectivity index (χ4v) is 2.19. The van der Waals surface area contributed by atoms with Crippen molar-refractivity contribution in [1.82, 2.24) is 9.97 Å². The van der Waals surface area contributed by atoms with Gasteiger partial charge in [0.15, 0.2) is 0 Å². The van der Waals surface area contributed by atoms with Gasteiger partial charge in [-0.25, -0.2) is 4.79 Å². The summed E-state index contributed by atoms with van der Waals surface area (Å²) in [4.78, 5) is 16.8. The topological polar surface area (TPSA) is 60.7 Å². The van der Waals surface area contributed by atoms with Gasteiger partial charge in [-0.05, 0) is 36.6 Å². The molecule has 1 aromatic carbocycles. The highest BCUT2D eigenvalue weighted by molar-refractivity contribution is 5.69. The first-order valence-electron chi connectivity index (χ1n) is 5.32. The van der Waals surface area contributed by atoms with E-state index < -0.39 is 0 Å². The van der Waals surface area contributed by atoms with Crippen LogP contribution in [0.15, 0.2) is 16.9 Å². The van der Waals surface area contributed by atoms with Gasteiger partial charge in [0.05, 0.1) is 5.69 Å². The summed E-state index contributed by atoms with van der Waals surface area (Å²) in [7, 11) is 0. The summed E-state index contributed by atoms with van der Waals surface area (Å²) in [6.07, 6.45) is 0.782. The maximum Gasteiger partial charge on any atom is 0.324 e. The van der Waals surface area contributed by atoms with Crippen molar-refractivity contribution in [2.75, 3.05) is 5.32 Å². The number of fused-ring (bicyclic) bond motifs is 2. The van der Waals surface area contributed by atoms with E-state index in [0.717, 1.165) is 23.6 Å². The number of imidazole rings is 1. The zero-order chi connectivity index (χ0) is 11.3. The fraction of sp³-hybridized carbons (Fsp3) is 0.250. The number of aryl methyl sites for hydroxylation is 1. The van der Waals surface area contributed by atoms with Crippen LogP contribution in [0, 0.1) is 13.8 Å². The van der Waals surface area contributed by atoms with Crippen molar-refractivity contribution in [2.45, 2.75) is 20.3 Å². The summed E-state index contributed by atoms with van der Waals surface area (Å²) in [5.41, 5.74) is 5.71. The Morgan fingerprint density at radius 1 is 1.19 bits per heavy atom. The Morgan fingerprint density at radius 2 is 2.00 bits per heavy atom. The zero-order valence-electron chi connectivity index (χ0n) is 9.27. The van der Waals surface area contributed by atoms with Crippen LogP contribution >= 0.6 is 0 Å². The molecule has 3 N–H and O–H groups in total. The Balaban J connectivity index is 2.18. The van der Waals surface area contributed by atoms with Gasteiger partial charge in [-0.2, -0.15) is 0 Å². The van der Waals surface area contributed by atoms with Gasteiger partial charge >= 0.3 is 5.69 Å².